The van der Waals surface area contributed by atoms with Gasteiger partial charge in [0.2, 0.25) is 11.8 Å². The summed E-state index contributed by atoms with van der Waals surface area (Å²) in [5.74, 6) is 1.37. The average Bonchev–Trinajstić information content (AvgIpc) is 3.10. The van der Waals surface area contributed by atoms with Crippen LogP contribution < -0.4 is 10.1 Å². The number of pyridine rings is 1. The van der Waals surface area contributed by atoms with Gasteiger partial charge in [-0.1, -0.05) is 18.2 Å². The van der Waals surface area contributed by atoms with Crippen molar-refractivity contribution in [1.29, 1.82) is 0 Å². The molecule has 5 nitrogen and oxygen atoms in total. The van der Waals surface area contributed by atoms with Gasteiger partial charge in [0.1, 0.15) is 5.75 Å². The predicted octanol–water partition coefficient (Wildman–Crippen LogP) is 3.68. The van der Waals surface area contributed by atoms with Crippen LogP contribution in [0.2, 0.25) is 0 Å². The standard InChI is InChI=1S/C20H24N2O3/c1-14-5-6-15(2)18(10-14)25-20-8-7-16(13-22-20)12-21-19(23)11-17-4-3-9-24-17/h5-8,10,13,17H,3-4,9,11-12H2,1-2H3,(H,21,23). The molecule has 1 aliphatic heterocycles. The van der Waals surface area contributed by atoms with Crippen LogP contribution in [0.4, 0.5) is 0 Å². The summed E-state index contributed by atoms with van der Waals surface area (Å²) in [5, 5.41) is 2.91. The Labute approximate surface area is 148 Å². The summed E-state index contributed by atoms with van der Waals surface area (Å²) in [6.07, 6.45) is 4.25. The molecule has 5 heteroatoms. The highest BCUT2D eigenvalue weighted by Gasteiger charge is 2.18. The minimum Gasteiger partial charge on any atom is -0.439 e. The van der Waals surface area contributed by atoms with Gasteiger partial charge >= 0.3 is 0 Å². The summed E-state index contributed by atoms with van der Waals surface area (Å²) in [4.78, 5) is 16.2. The number of nitrogens with one attached hydrogen (secondary N) is 1. The zero-order valence-electron chi connectivity index (χ0n) is 14.7. The van der Waals surface area contributed by atoms with Gasteiger partial charge in [-0.05, 0) is 49.4 Å². The van der Waals surface area contributed by atoms with Crippen LogP contribution >= 0.6 is 0 Å². The topological polar surface area (TPSA) is 60.5 Å². The molecule has 0 spiro atoms. The normalized spacial score (nSPS) is 16.6. The zero-order chi connectivity index (χ0) is 17.6. The van der Waals surface area contributed by atoms with E-state index in [1.54, 1.807) is 6.20 Å². The molecule has 1 fully saturated rings. The van der Waals surface area contributed by atoms with Crippen molar-refractivity contribution < 1.29 is 14.3 Å². The summed E-state index contributed by atoms with van der Waals surface area (Å²) >= 11 is 0. The summed E-state index contributed by atoms with van der Waals surface area (Å²) < 4.78 is 11.3. The summed E-state index contributed by atoms with van der Waals surface area (Å²) in [7, 11) is 0. The Hall–Kier alpha value is -2.40. The van der Waals surface area contributed by atoms with Crippen LogP contribution in [0.3, 0.4) is 0 Å². The lowest BCUT2D eigenvalue weighted by Crippen LogP contribution is -2.26. The second-order valence-corrected chi connectivity index (χ2v) is 6.49. The second-order valence-electron chi connectivity index (χ2n) is 6.49. The van der Waals surface area contributed by atoms with Gasteiger partial charge in [-0.2, -0.15) is 0 Å². The van der Waals surface area contributed by atoms with Gasteiger partial charge in [-0.3, -0.25) is 4.79 Å². The zero-order valence-corrected chi connectivity index (χ0v) is 14.7. The van der Waals surface area contributed by atoms with E-state index in [2.05, 4.69) is 16.4 Å². The van der Waals surface area contributed by atoms with E-state index >= 15 is 0 Å². The lowest BCUT2D eigenvalue weighted by molar-refractivity contribution is -0.123. The molecule has 0 saturated carbocycles. The molecule has 0 bridgehead atoms. The molecular weight excluding hydrogens is 316 g/mol. The fraction of sp³-hybridized carbons (Fsp3) is 0.400. The van der Waals surface area contributed by atoms with E-state index in [0.717, 1.165) is 41.9 Å². The molecular formula is C20H24N2O3. The average molecular weight is 340 g/mol. The molecule has 1 atom stereocenters. The number of nitrogens with zero attached hydrogens (tertiary/aromatic N) is 1. The Balaban J connectivity index is 1.51. The molecule has 0 radical (unpaired) electrons. The number of ether oxygens (including phenoxy) is 2. The predicted molar refractivity (Wildman–Crippen MR) is 95.7 cm³/mol. The van der Waals surface area contributed by atoms with Gasteiger partial charge in [0.15, 0.2) is 0 Å². The number of amides is 1. The lowest BCUT2D eigenvalue weighted by Gasteiger charge is -2.11. The number of aryl methyl sites for hydroxylation is 2. The Kier molecular flexibility index (Phi) is 5.66. The highest BCUT2D eigenvalue weighted by molar-refractivity contribution is 5.76. The first-order valence-electron chi connectivity index (χ1n) is 8.68. The van der Waals surface area contributed by atoms with Crippen molar-refractivity contribution in [3.8, 4) is 11.6 Å². The maximum Gasteiger partial charge on any atom is 0.222 e. The van der Waals surface area contributed by atoms with Gasteiger partial charge in [-0.25, -0.2) is 4.98 Å². The fourth-order valence-corrected chi connectivity index (χ4v) is 2.79. The number of aromatic nitrogens is 1. The van der Waals surface area contributed by atoms with E-state index in [1.807, 2.05) is 38.1 Å². The number of hydrogen-bond acceptors (Lipinski definition) is 4. The Morgan fingerprint density at radius 1 is 1.32 bits per heavy atom. The Morgan fingerprint density at radius 2 is 2.20 bits per heavy atom. The molecule has 1 saturated heterocycles. The van der Waals surface area contributed by atoms with Crippen molar-refractivity contribution in [3.63, 3.8) is 0 Å². The number of carbonyl (C=O) groups is 1. The van der Waals surface area contributed by atoms with Crippen LogP contribution in [-0.2, 0) is 16.1 Å². The third-order valence-corrected chi connectivity index (χ3v) is 4.28. The van der Waals surface area contributed by atoms with Crippen molar-refractivity contribution in [1.82, 2.24) is 10.3 Å². The number of carbonyl (C=O) groups excluding carboxylic acids is 1. The minimum atomic E-state index is 0.0163. The highest BCUT2D eigenvalue weighted by Crippen LogP contribution is 2.24. The number of rotatable bonds is 6. The molecule has 1 aliphatic rings. The van der Waals surface area contributed by atoms with Crippen molar-refractivity contribution >= 4 is 5.91 Å². The monoisotopic (exact) mass is 340 g/mol. The highest BCUT2D eigenvalue weighted by atomic mass is 16.5. The summed E-state index contributed by atoms with van der Waals surface area (Å²) in [5.41, 5.74) is 3.15. The van der Waals surface area contributed by atoms with Crippen LogP contribution in [-0.4, -0.2) is 23.6 Å². The van der Waals surface area contributed by atoms with Crippen molar-refractivity contribution in [2.24, 2.45) is 0 Å². The molecule has 1 aromatic carbocycles. The van der Waals surface area contributed by atoms with Gasteiger partial charge in [0.05, 0.1) is 12.5 Å². The van der Waals surface area contributed by atoms with E-state index in [9.17, 15) is 4.79 Å². The first-order valence-corrected chi connectivity index (χ1v) is 8.68. The first-order chi connectivity index (χ1) is 12.1. The SMILES string of the molecule is Cc1ccc(C)c(Oc2ccc(CNC(=O)CC3CCCO3)cn2)c1. The first kappa shape index (κ1) is 17.4. The van der Waals surface area contributed by atoms with Crippen molar-refractivity contribution in [3.05, 3.63) is 53.2 Å². The van der Waals surface area contributed by atoms with Gasteiger partial charge in [-0.15, -0.1) is 0 Å². The molecule has 1 N–H and O–H groups in total. The van der Waals surface area contributed by atoms with E-state index in [1.165, 1.54) is 0 Å². The van der Waals surface area contributed by atoms with Gasteiger partial charge in [0.25, 0.3) is 0 Å². The number of hydrogen-bond donors (Lipinski definition) is 1. The van der Waals surface area contributed by atoms with E-state index < -0.39 is 0 Å². The van der Waals surface area contributed by atoms with Gasteiger partial charge in [0, 0.05) is 25.4 Å². The molecule has 132 valence electrons. The second kappa shape index (κ2) is 8.12. The molecule has 1 aromatic heterocycles. The van der Waals surface area contributed by atoms with E-state index in [-0.39, 0.29) is 12.0 Å². The molecule has 1 amide bonds. The number of benzene rings is 1. The van der Waals surface area contributed by atoms with Crippen LogP contribution in [0.1, 0.15) is 36.0 Å². The molecule has 2 aromatic rings. The Bertz CT molecular complexity index is 722. The molecule has 0 aliphatic carbocycles. The third kappa shape index (κ3) is 5.03. The van der Waals surface area contributed by atoms with Crippen molar-refractivity contribution in [2.75, 3.05) is 6.61 Å². The molecule has 25 heavy (non-hydrogen) atoms. The third-order valence-electron chi connectivity index (χ3n) is 4.28. The van der Waals surface area contributed by atoms with Crippen LogP contribution in [0, 0.1) is 13.8 Å². The molecule has 2 heterocycles. The fourth-order valence-electron chi connectivity index (χ4n) is 2.79. The van der Waals surface area contributed by atoms with E-state index in [4.69, 9.17) is 9.47 Å². The summed E-state index contributed by atoms with van der Waals surface area (Å²) in [6.45, 7) is 5.26. The summed E-state index contributed by atoms with van der Waals surface area (Å²) in [6, 6.07) is 9.82. The maximum atomic E-state index is 11.9. The van der Waals surface area contributed by atoms with Crippen LogP contribution in [0.25, 0.3) is 0 Å². The smallest absolute Gasteiger partial charge is 0.222 e. The minimum absolute atomic E-state index is 0.0163. The van der Waals surface area contributed by atoms with Crippen LogP contribution in [0.15, 0.2) is 36.5 Å². The van der Waals surface area contributed by atoms with Crippen molar-refractivity contribution in [2.45, 2.75) is 45.8 Å². The Morgan fingerprint density at radius 3 is 2.92 bits per heavy atom. The van der Waals surface area contributed by atoms with Crippen LogP contribution in [0.5, 0.6) is 11.6 Å². The quantitative estimate of drug-likeness (QED) is 0.871. The maximum absolute atomic E-state index is 11.9. The molecule has 1 unspecified atom stereocenters. The molecule has 3 rings (SSSR count). The largest absolute Gasteiger partial charge is 0.439 e. The lowest BCUT2D eigenvalue weighted by atomic mass is 10.1. The van der Waals surface area contributed by atoms with Gasteiger partial charge < -0.3 is 14.8 Å². The van der Waals surface area contributed by atoms with E-state index in [0.29, 0.717) is 18.8 Å².